The zero-order valence-corrected chi connectivity index (χ0v) is 10.5. The molecule has 4 nitrogen and oxygen atoms in total. The number of aliphatic hydroxyl groups is 1. The van der Waals surface area contributed by atoms with Gasteiger partial charge in [-0.2, -0.15) is 5.10 Å². The lowest BCUT2D eigenvalue weighted by Gasteiger charge is -2.19. The van der Waals surface area contributed by atoms with Gasteiger partial charge >= 0.3 is 0 Å². The van der Waals surface area contributed by atoms with Crippen LogP contribution < -0.4 is 0 Å². The van der Waals surface area contributed by atoms with Crippen LogP contribution in [0, 0.1) is 0 Å². The molecule has 98 valence electrons. The second-order valence-corrected chi connectivity index (χ2v) is 4.64. The average Bonchev–Trinajstić information content (AvgIpc) is 2.98. The van der Waals surface area contributed by atoms with Gasteiger partial charge < -0.3 is 9.84 Å². The van der Waals surface area contributed by atoms with Gasteiger partial charge in [-0.3, -0.25) is 5.10 Å². The largest absolute Gasteiger partial charge is 0.501 e. The van der Waals surface area contributed by atoms with Gasteiger partial charge in [-0.15, -0.1) is 0 Å². The van der Waals surface area contributed by atoms with Crippen LogP contribution >= 0.6 is 0 Å². The van der Waals surface area contributed by atoms with Crippen LogP contribution in [0.1, 0.15) is 24.5 Å². The Morgan fingerprint density at radius 2 is 2.11 bits per heavy atom. The van der Waals surface area contributed by atoms with E-state index in [1.807, 2.05) is 30.3 Å². The maximum absolute atomic E-state index is 10.5. The highest BCUT2D eigenvalue weighted by molar-refractivity contribution is 5.63. The molecule has 0 aliphatic carbocycles. The van der Waals surface area contributed by atoms with Gasteiger partial charge in [0.25, 0.3) is 0 Å². The summed E-state index contributed by atoms with van der Waals surface area (Å²) in [4.78, 5) is 0. The Hall–Kier alpha value is -2.07. The molecule has 2 heterocycles. The number of aromatic nitrogens is 2. The van der Waals surface area contributed by atoms with Crippen LogP contribution in [0.5, 0.6) is 0 Å². The van der Waals surface area contributed by atoms with Crippen LogP contribution in [0.3, 0.4) is 0 Å². The normalized spacial score (nSPS) is 16.6. The first-order valence-electron chi connectivity index (χ1n) is 6.43. The van der Waals surface area contributed by atoms with Crippen LogP contribution in [0.15, 0.2) is 48.4 Å². The molecule has 1 unspecified atom stereocenters. The molecule has 0 saturated heterocycles. The first-order valence-corrected chi connectivity index (χ1v) is 6.43. The molecule has 1 aliphatic rings. The number of ether oxygens (including phenoxy) is 1. The van der Waals surface area contributed by atoms with E-state index in [1.54, 1.807) is 12.5 Å². The molecule has 4 heteroatoms. The van der Waals surface area contributed by atoms with E-state index in [9.17, 15) is 5.11 Å². The van der Waals surface area contributed by atoms with E-state index in [0.29, 0.717) is 0 Å². The van der Waals surface area contributed by atoms with Crippen LogP contribution in [-0.4, -0.2) is 21.9 Å². The molecule has 19 heavy (non-hydrogen) atoms. The number of rotatable bonds is 3. The number of hydrogen-bond donors (Lipinski definition) is 2. The lowest BCUT2D eigenvalue weighted by atomic mass is 9.96. The van der Waals surface area contributed by atoms with E-state index in [4.69, 9.17) is 4.74 Å². The molecule has 0 spiro atoms. The number of aromatic amines is 1. The molecule has 0 fully saturated rings. The van der Waals surface area contributed by atoms with Gasteiger partial charge in [0.1, 0.15) is 6.10 Å². The summed E-state index contributed by atoms with van der Waals surface area (Å²) in [6, 6.07) is 9.89. The fourth-order valence-corrected chi connectivity index (χ4v) is 2.32. The minimum absolute atomic E-state index is 0.658. The van der Waals surface area contributed by atoms with Crippen molar-refractivity contribution in [2.24, 2.45) is 0 Å². The number of nitrogens with zero attached hydrogens (tertiary/aromatic N) is 1. The molecule has 3 rings (SSSR count). The van der Waals surface area contributed by atoms with Crippen molar-refractivity contribution in [2.75, 3.05) is 6.61 Å². The minimum Gasteiger partial charge on any atom is -0.501 e. The number of benzene rings is 1. The summed E-state index contributed by atoms with van der Waals surface area (Å²) in [7, 11) is 0. The Morgan fingerprint density at radius 1 is 1.26 bits per heavy atom. The van der Waals surface area contributed by atoms with Gasteiger partial charge in [0.2, 0.25) is 0 Å². The van der Waals surface area contributed by atoms with Crippen LogP contribution in [0.25, 0.3) is 11.3 Å². The summed E-state index contributed by atoms with van der Waals surface area (Å²) in [5.41, 5.74) is 3.58. The van der Waals surface area contributed by atoms with Crippen LogP contribution in [-0.2, 0) is 4.74 Å². The number of H-pyrrole nitrogens is 1. The van der Waals surface area contributed by atoms with E-state index in [-0.39, 0.29) is 0 Å². The molecule has 1 aliphatic heterocycles. The molecule has 2 aromatic rings. The fourth-order valence-electron chi connectivity index (χ4n) is 2.32. The Morgan fingerprint density at radius 3 is 2.84 bits per heavy atom. The van der Waals surface area contributed by atoms with Crippen LogP contribution in [0.4, 0.5) is 0 Å². The molecule has 0 bridgehead atoms. The molecule has 0 radical (unpaired) electrons. The summed E-state index contributed by atoms with van der Waals surface area (Å²) in [6.45, 7) is 0.729. The molecule has 1 atom stereocenters. The van der Waals surface area contributed by atoms with Gasteiger partial charge in [-0.25, -0.2) is 0 Å². The first-order chi connectivity index (χ1) is 9.36. The highest BCUT2D eigenvalue weighted by atomic mass is 16.5. The van der Waals surface area contributed by atoms with Gasteiger partial charge in [0.05, 0.1) is 24.8 Å². The maximum Gasteiger partial charge on any atom is 0.107 e. The summed E-state index contributed by atoms with van der Waals surface area (Å²) < 4.78 is 5.29. The topological polar surface area (TPSA) is 58.1 Å². The number of nitrogens with one attached hydrogen (secondary N) is 1. The predicted molar refractivity (Wildman–Crippen MR) is 72.3 cm³/mol. The lowest BCUT2D eigenvalue weighted by Crippen LogP contribution is -2.08. The van der Waals surface area contributed by atoms with Gasteiger partial charge in [0.15, 0.2) is 0 Å². The zero-order valence-electron chi connectivity index (χ0n) is 10.5. The molecule has 1 aromatic carbocycles. The molecule has 2 N–H and O–H groups in total. The van der Waals surface area contributed by atoms with E-state index >= 15 is 0 Å². The van der Waals surface area contributed by atoms with Gasteiger partial charge in [-0.1, -0.05) is 30.3 Å². The third-order valence-corrected chi connectivity index (χ3v) is 3.34. The Kier molecular flexibility index (Phi) is 3.33. The molecular formula is C15H16N2O2. The molecule has 0 saturated carbocycles. The lowest BCUT2D eigenvalue weighted by molar-refractivity contribution is 0.171. The quantitative estimate of drug-likeness (QED) is 0.887. The maximum atomic E-state index is 10.5. The Balaban J connectivity index is 1.94. The monoisotopic (exact) mass is 256 g/mol. The van der Waals surface area contributed by atoms with Crippen molar-refractivity contribution < 1.29 is 9.84 Å². The van der Waals surface area contributed by atoms with E-state index in [0.717, 1.165) is 41.8 Å². The van der Waals surface area contributed by atoms with Crippen molar-refractivity contribution in [3.8, 4) is 11.3 Å². The zero-order chi connectivity index (χ0) is 13.1. The second kappa shape index (κ2) is 5.28. The van der Waals surface area contributed by atoms with Gasteiger partial charge in [0, 0.05) is 5.56 Å². The first kappa shape index (κ1) is 12.0. The van der Waals surface area contributed by atoms with Crippen molar-refractivity contribution in [2.45, 2.75) is 18.9 Å². The highest BCUT2D eigenvalue weighted by Gasteiger charge is 2.21. The number of aliphatic hydroxyl groups excluding tert-OH is 1. The summed E-state index contributed by atoms with van der Waals surface area (Å²) >= 11 is 0. The standard InChI is InChI=1S/C15H16N2O2/c18-15(12-7-4-8-19-10-12)13-9-16-17-14(13)11-5-2-1-3-6-11/h1-3,5-6,9-10,15,18H,4,7-8H2,(H,16,17). The molecule has 0 amide bonds. The second-order valence-electron chi connectivity index (χ2n) is 4.64. The molecular weight excluding hydrogens is 240 g/mol. The summed E-state index contributed by atoms with van der Waals surface area (Å²) in [5, 5.41) is 17.5. The van der Waals surface area contributed by atoms with Gasteiger partial charge in [-0.05, 0) is 24.0 Å². The van der Waals surface area contributed by atoms with E-state index in [1.165, 1.54) is 0 Å². The Bertz CT molecular complexity index is 575. The third kappa shape index (κ3) is 2.39. The average molecular weight is 256 g/mol. The van der Waals surface area contributed by atoms with Crippen molar-refractivity contribution in [3.05, 3.63) is 53.9 Å². The third-order valence-electron chi connectivity index (χ3n) is 3.34. The summed E-state index contributed by atoms with van der Waals surface area (Å²) in [5.74, 6) is 0. The predicted octanol–water partition coefficient (Wildman–Crippen LogP) is 2.80. The number of hydrogen-bond acceptors (Lipinski definition) is 3. The van der Waals surface area contributed by atoms with Crippen LogP contribution in [0.2, 0.25) is 0 Å². The summed E-state index contributed by atoms with van der Waals surface area (Å²) in [6.07, 6.45) is 4.51. The van der Waals surface area contributed by atoms with Crippen molar-refractivity contribution >= 4 is 0 Å². The van der Waals surface area contributed by atoms with Crippen molar-refractivity contribution in [1.82, 2.24) is 10.2 Å². The fraction of sp³-hybridized carbons (Fsp3) is 0.267. The SMILES string of the molecule is OC(C1=COCCC1)c1cn[nH]c1-c1ccccc1. The highest BCUT2D eigenvalue weighted by Crippen LogP contribution is 2.32. The molecule has 1 aromatic heterocycles. The smallest absolute Gasteiger partial charge is 0.107 e. The van der Waals surface area contributed by atoms with E-state index in [2.05, 4.69) is 10.2 Å². The minimum atomic E-state index is -0.658. The van der Waals surface area contributed by atoms with E-state index < -0.39 is 6.10 Å². The van der Waals surface area contributed by atoms with Crippen molar-refractivity contribution in [1.29, 1.82) is 0 Å². The Labute approximate surface area is 111 Å². The van der Waals surface area contributed by atoms with Crippen molar-refractivity contribution in [3.63, 3.8) is 0 Å².